The van der Waals surface area contributed by atoms with E-state index in [2.05, 4.69) is 70.5 Å². The minimum absolute atomic E-state index is 0.260. The van der Waals surface area contributed by atoms with Crippen LogP contribution in [0.25, 0.3) is 33.4 Å². The largest absolute Gasteiger partial charge is 0.382 e. The van der Waals surface area contributed by atoms with Gasteiger partial charge in [0.15, 0.2) is 5.82 Å². The highest BCUT2D eigenvalue weighted by Crippen LogP contribution is 2.35. The average Bonchev–Trinajstić information content (AvgIpc) is 3.38. The van der Waals surface area contributed by atoms with Crippen molar-refractivity contribution >= 4 is 16.6 Å². The smallest absolute Gasteiger partial charge is 0.184 e. The summed E-state index contributed by atoms with van der Waals surface area (Å²) in [5.41, 5.74) is 4.97. The summed E-state index contributed by atoms with van der Waals surface area (Å²) in [5.74, 6) is 2.22. The molecule has 1 aromatic carbocycles. The molecule has 3 aromatic heterocycles. The van der Waals surface area contributed by atoms with Crippen LogP contribution >= 0.6 is 0 Å². The Labute approximate surface area is 170 Å². The number of nitrogens with zero attached hydrogens (tertiary/aromatic N) is 4. The Morgan fingerprint density at radius 2 is 1.93 bits per heavy atom. The van der Waals surface area contributed by atoms with Crippen molar-refractivity contribution in [2.45, 2.75) is 46.6 Å². The minimum atomic E-state index is 0.260. The minimum Gasteiger partial charge on any atom is -0.382 e. The lowest BCUT2D eigenvalue weighted by Gasteiger charge is -2.16. The Kier molecular flexibility index (Phi) is 5.29. The molecule has 0 unspecified atom stereocenters. The van der Waals surface area contributed by atoms with E-state index in [1.807, 2.05) is 24.7 Å². The highest BCUT2D eigenvalue weighted by molar-refractivity contribution is 6.00. The van der Waals surface area contributed by atoms with E-state index in [1.165, 1.54) is 0 Å². The summed E-state index contributed by atoms with van der Waals surface area (Å²) in [7, 11) is 0. The fourth-order valence-electron chi connectivity index (χ4n) is 3.35. The molecule has 29 heavy (non-hydrogen) atoms. The van der Waals surface area contributed by atoms with Crippen LogP contribution in [0.3, 0.4) is 0 Å². The number of aromatic amines is 2. The molecular weight excluding hydrogens is 362 g/mol. The molecule has 0 saturated heterocycles. The van der Waals surface area contributed by atoms with Crippen LogP contribution in [0.15, 0.2) is 36.8 Å². The maximum Gasteiger partial charge on any atom is 0.184 e. The molecule has 0 atom stereocenters. The van der Waals surface area contributed by atoms with Crippen LogP contribution in [0.1, 0.15) is 39.9 Å². The normalized spacial score (nSPS) is 11.7. The van der Waals surface area contributed by atoms with E-state index in [0.29, 0.717) is 11.7 Å². The van der Waals surface area contributed by atoms with E-state index >= 15 is 0 Å². The van der Waals surface area contributed by atoms with Gasteiger partial charge in [-0.05, 0) is 43.9 Å². The average molecular weight is 390 g/mol. The van der Waals surface area contributed by atoms with Crippen LogP contribution in [-0.4, -0.2) is 36.4 Å². The maximum absolute atomic E-state index is 4.74. The molecule has 3 heterocycles. The molecule has 0 radical (unpaired) electrons. The van der Waals surface area contributed by atoms with Gasteiger partial charge >= 0.3 is 0 Å². The van der Waals surface area contributed by atoms with E-state index in [0.717, 1.165) is 51.9 Å². The third-order valence-electron chi connectivity index (χ3n) is 4.86. The van der Waals surface area contributed by atoms with Crippen LogP contribution in [0.4, 0.5) is 5.69 Å². The summed E-state index contributed by atoms with van der Waals surface area (Å²) >= 11 is 0. The lowest BCUT2D eigenvalue weighted by Crippen LogP contribution is -2.11. The first-order valence-electron chi connectivity index (χ1n) is 10.1. The third kappa shape index (κ3) is 4.13. The Bertz CT molecular complexity index is 1090. The molecule has 0 bridgehead atoms. The van der Waals surface area contributed by atoms with E-state index < -0.39 is 0 Å². The highest BCUT2D eigenvalue weighted by atomic mass is 15.2. The number of H-pyrrole nitrogens is 2. The zero-order valence-corrected chi connectivity index (χ0v) is 17.3. The van der Waals surface area contributed by atoms with Gasteiger partial charge in [0.1, 0.15) is 5.82 Å². The number of aryl methyl sites for hydroxylation is 1. The van der Waals surface area contributed by atoms with Crippen molar-refractivity contribution in [3.05, 3.63) is 42.6 Å². The van der Waals surface area contributed by atoms with Crippen LogP contribution in [0.2, 0.25) is 0 Å². The van der Waals surface area contributed by atoms with Gasteiger partial charge in [-0.1, -0.05) is 19.9 Å². The molecule has 4 rings (SSSR count). The second kappa shape index (κ2) is 8.03. The number of aromatic nitrogens is 6. The first kappa shape index (κ1) is 19.1. The molecule has 0 aliphatic carbocycles. The Balaban J connectivity index is 1.80. The molecule has 150 valence electrons. The molecule has 0 saturated carbocycles. The second-order valence-corrected chi connectivity index (χ2v) is 8.10. The van der Waals surface area contributed by atoms with Gasteiger partial charge < -0.3 is 5.32 Å². The molecule has 0 amide bonds. The quantitative estimate of drug-likeness (QED) is 0.421. The first-order chi connectivity index (χ1) is 14.0. The van der Waals surface area contributed by atoms with Gasteiger partial charge in [0.05, 0.1) is 23.0 Å². The SMILES string of the molecule is CC(C)CCc1nc(-c2cnc3ccc(-c4cn[nH]c4)cc3c2NC(C)C)n[nH]1. The third-order valence-corrected chi connectivity index (χ3v) is 4.86. The van der Waals surface area contributed by atoms with Crippen molar-refractivity contribution in [2.75, 3.05) is 5.32 Å². The maximum atomic E-state index is 4.74. The van der Waals surface area contributed by atoms with Crippen molar-refractivity contribution in [1.82, 2.24) is 30.4 Å². The summed E-state index contributed by atoms with van der Waals surface area (Å²) in [6, 6.07) is 6.51. The van der Waals surface area contributed by atoms with Gasteiger partial charge in [0.2, 0.25) is 0 Å². The number of benzene rings is 1. The predicted molar refractivity (Wildman–Crippen MR) is 117 cm³/mol. The fourth-order valence-corrected chi connectivity index (χ4v) is 3.35. The van der Waals surface area contributed by atoms with Crippen molar-refractivity contribution in [1.29, 1.82) is 0 Å². The highest BCUT2D eigenvalue weighted by Gasteiger charge is 2.16. The van der Waals surface area contributed by atoms with Crippen LogP contribution in [-0.2, 0) is 6.42 Å². The van der Waals surface area contributed by atoms with Gasteiger partial charge in [0, 0.05) is 35.8 Å². The van der Waals surface area contributed by atoms with Crippen molar-refractivity contribution in [2.24, 2.45) is 5.92 Å². The summed E-state index contributed by atoms with van der Waals surface area (Å²) in [6.45, 7) is 8.68. The van der Waals surface area contributed by atoms with Gasteiger partial charge in [-0.15, -0.1) is 0 Å². The molecule has 0 fully saturated rings. The van der Waals surface area contributed by atoms with E-state index in [4.69, 9.17) is 4.98 Å². The fraction of sp³-hybridized carbons (Fsp3) is 0.364. The number of rotatable bonds is 7. The summed E-state index contributed by atoms with van der Waals surface area (Å²) in [6.07, 6.45) is 7.55. The standard InChI is InChI=1S/C22H27N7/c1-13(2)5-8-20-27-22(29-28-20)18-12-23-19-7-6-15(16-10-24-25-11-16)9-17(19)21(18)26-14(3)4/h6-7,9-14H,5,8H2,1-4H3,(H,23,26)(H,24,25)(H,27,28,29). The summed E-state index contributed by atoms with van der Waals surface area (Å²) in [5, 5.41) is 19.2. The van der Waals surface area contributed by atoms with Gasteiger partial charge in [-0.25, -0.2) is 4.98 Å². The van der Waals surface area contributed by atoms with Gasteiger partial charge in [-0.2, -0.15) is 10.2 Å². The van der Waals surface area contributed by atoms with E-state index in [-0.39, 0.29) is 6.04 Å². The topological polar surface area (TPSA) is 95.2 Å². The van der Waals surface area contributed by atoms with Crippen molar-refractivity contribution in [3.8, 4) is 22.5 Å². The molecular formula is C22H27N7. The molecule has 0 aliphatic rings. The summed E-state index contributed by atoms with van der Waals surface area (Å²) < 4.78 is 0. The number of nitrogens with one attached hydrogen (secondary N) is 3. The molecule has 7 heteroatoms. The number of fused-ring (bicyclic) bond motifs is 1. The lowest BCUT2D eigenvalue weighted by molar-refractivity contribution is 0.575. The number of anilines is 1. The summed E-state index contributed by atoms with van der Waals surface area (Å²) in [4.78, 5) is 9.41. The predicted octanol–water partition coefficient (Wildman–Crippen LogP) is 4.82. The van der Waals surface area contributed by atoms with Crippen molar-refractivity contribution in [3.63, 3.8) is 0 Å². The Hall–Kier alpha value is -3.22. The Morgan fingerprint density at radius 1 is 1.07 bits per heavy atom. The molecule has 4 aromatic rings. The van der Waals surface area contributed by atoms with Crippen LogP contribution in [0.5, 0.6) is 0 Å². The second-order valence-electron chi connectivity index (χ2n) is 8.10. The zero-order chi connectivity index (χ0) is 20.4. The van der Waals surface area contributed by atoms with E-state index in [1.54, 1.807) is 0 Å². The molecule has 0 spiro atoms. The monoisotopic (exact) mass is 389 g/mol. The molecule has 0 aliphatic heterocycles. The number of hydrogen-bond donors (Lipinski definition) is 3. The van der Waals surface area contributed by atoms with Crippen molar-refractivity contribution < 1.29 is 0 Å². The number of pyridine rings is 1. The zero-order valence-electron chi connectivity index (χ0n) is 17.3. The Morgan fingerprint density at radius 3 is 2.66 bits per heavy atom. The molecule has 3 N–H and O–H groups in total. The first-order valence-corrected chi connectivity index (χ1v) is 10.1. The van der Waals surface area contributed by atoms with Gasteiger partial charge in [-0.3, -0.25) is 15.2 Å². The number of hydrogen-bond acceptors (Lipinski definition) is 5. The van der Waals surface area contributed by atoms with Crippen LogP contribution in [0, 0.1) is 5.92 Å². The van der Waals surface area contributed by atoms with E-state index in [9.17, 15) is 0 Å². The lowest BCUT2D eigenvalue weighted by atomic mass is 10.0. The van der Waals surface area contributed by atoms with Gasteiger partial charge in [0.25, 0.3) is 0 Å². The molecule has 7 nitrogen and oxygen atoms in total. The van der Waals surface area contributed by atoms with Crippen LogP contribution < -0.4 is 5.32 Å².